The number of carbonyl (C=O) groups excluding carboxylic acids is 1. The lowest BCUT2D eigenvalue weighted by atomic mass is 9.72. The van der Waals surface area contributed by atoms with E-state index in [0.717, 1.165) is 57.7 Å². The van der Waals surface area contributed by atoms with Crippen LogP contribution in [0, 0.1) is 5.41 Å². The number of nitrogens with zero attached hydrogens (tertiary/aromatic N) is 3. The van der Waals surface area contributed by atoms with E-state index in [-0.39, 0.29) is 11.5 Å². The van der Waals surface area contributed by atoms with Gasteiger partial charge in [-0.25, -0.2) is 0 Å². The van der Waals surface area contributed by atoms with Crippen LogP contribution in [0.2, 0.25) is 0 Å². The van der Waals surface area contributed by atoms with E-state index in [9.17, 15) is 4.79 Å². The van der Waals surface area contributed by atoms with E-state index in [1.165, 1.54) is 11.1 Å². The zero-order valence-corrected chi connectivity index (χ0v) is 19.1. The molecule has 0 spiro atoms. The van der Waals surface area contributed by atoms with Crippen molar-refractivity contribution in [3.05, 3.63) is 65.7 Å². The molecule has 1 amide bonds. The summed E-state index contributed by atoms with van der Waals surface area (Å²) in [5, 5.41) is 0. The summed E-state index contributed by atoms with van der Waals surface area (Å²) in [4.78, 5) is 20.9. The molecule has 2 aliphatic heterocycles. The summed E-state index contributed by atoms with van der Waals surface area (Å²) in [6, 6.07) is 19.0. The maximum Gasteiger partial charge on any atom is 0.229 e. The van der Waals surface area contributed by atoms with Crippen LogP contribution in [-0.2, 0) is 11.2 Å². The predicted molar refractivity (Wildman–Crippen MR) is 124 cm³/mol. The maximum atomic E-state index is 14.0. The SMILES string of the molecule is COc1ccc(C2CN(C(=O)C3(Cc4ccccc4)CCN(C)CC3)CCN2C)cc1. The van der Waals surface area contributed by atoms with Gasteiger partial charge in [-0.3, -0.25) is 9.69 Å². The number of piperidine rings is 1. The molecule has 0 radical (unpaired) electrons. The maximum absolute atomic E-state index is 14.0. The van der Waals surface area contributed by atoms with Crippen molar-refractivity contribution < 1.29 is 9.53 Å². The summed E-state index contributed by atoms with van der Waals surface area (Å²) in [6.45, 7) is 4.40. The standard InChI is InChI=1S/C26H35N3O2/c1-27-15-13-26(14-16-27,19-21-7-5-4-6-8-21)25(30)29-18-17-28(2)24(20-29)22-9-11-23(31-3)12-10-22/h4-12,24H,13-20H2,1-3H3. The number of benzene rings is 2. The average Bonchev–Trinajstić information content (AvgIpc) is 2.81. The number of carbonyl (C=O) groups is 1. The largest absolute Gasteiger partial charge is 0.497 e. The molecular formula is C26H35N3O2. The smallest absolute Gasteiger partial charge is 0.229 e. The lowest BCUT2D eigenvalue weighted by Crippen LogP contribution is -2.56. The Bertz CT molecular complexity index is 860. The quantitative estimate of drug-likeness (QED) is 0.741. The molecule has 2 aliphatic rings. The normalized spacial score (nSPS) is 22.3. The molecule has 5 heteroatoms. The second-order valence-electron chi connectivity index (χ2n) is 9.27. The zero-order chi connectivity index (χ0) is 21.8. The summed E-state index contributed by atoms with van der Waals surface area (Å²) in [5.74, 6) is 1.21. The third-order valence-electron chi connectivity index (χ3n) is 7.22. The highest BCUT2D eigenvalue weighted by Crippen LogP contribution is 2.38. The first-order valence-corrected chi connectivity index (χ1v) is 11.4. The Morgan fingerprint density at radius 1 is 0.968 bits per heavy atom. The van der Waals surface area contributed by atoms with E-state index in [0.29, 0.717) is 5.91 Å². The number of amides is 1. The molecule has 2 heterocycles. The minimum atomic E-state index is -0.297. The number of hydrogen-bond acceptors (Lipinski definition) is 4. The van der Waals surface area contributed by atoms with Gasteiger partial charge in [-0.2, -0.15) is 0 Å². The first-order valence-electron chi connectivity index (χ1n) is 11.4. The van der Waals surface area contributed by atoms with E-state index in [2.05, 4.69) is 65.2 Å². The third-order valence-corrected chi connectivity index (χ3v) is 7.22. The van der Waals surface area contributed by atoms with Crippen LogP contribution >= 0.6 is 0 Å². The fourth-order valence-electron chi connectivity index (χ4n) is 5.08. The van der Waals surface area contributed by atoms with Gasteiger partial charge in [0.2, 0.25) is 5.91 Å². The van der Waals surface area contributed by atoms with E-state index in [1.54, 1.807) is 7.11 Å². The number of rotatable bonds is 5. The minimum absolute atomic E-state index is 0.212. The molecule has 0 N–H and O–H groups in total. The second kappa shape index (κ2) is 9.41. The van der Waals surface area contributed by atoms with Gasteiger partial charge < -0.3 is 14.5 Å². The van der Waals surface area contributed by atoms with Crippen LogP contribution in [0.4, 0.5) is 0 Å². The van der Waals surface area contributed by atoms with Crippen molar-refractivity contribution in [1.82, 2.24) is 14.7 Å². The number of likely N-dealkylation sites (tertiary alicyclic amines) is 1. The van der Waals surface area contributed by atoms with Crippen molar-refractivity contribution in [3.63, 3.8) is 0 Å². The van der Waals surface area contributed by atoms with Crippen molar-refractivity contribution in [2.45, 2.75) is 25.3 Å². The van der Waals surface area contributed by atoms with Crippen LogP contribution in [0.3, 0.4) is 0 Å². The Labute approximate surface area is 186 Å². The van der Waals surface area contributed by atoms with Gasteiger partial charge in [0, 0.05) is 19.6 Å². The molecule has 166 valence electrons. The second-order valence-corrected chi connectivity index (χ2v) is 9.27. The summed E-state index contributed by atoms with van der Waals surface area (Å²) < 4.78 is 5.32. The molecule has 4 rings (SSSR count). The lowest BCUT2D eigenvalue weighted by molar-refractivity contribution is -0.148. The van der Waals surface area contributed by atoms with Gasteiger partial charge in [-0.15, -0.1) is 0 Å². The fraction of sp³-hybridized carbons (Fsp3) is 0.500. The molecule has 0 bridgehead atoms. The average molecular weight is 422 g/mol. The van der Waals surface area contributed by atoms with Crippen molar-refractivity contribution in [3.8, 4) is 5.75 Å². The monoisotopic (exact) mass is 421 g/mol. The Hall–Kier alpha value is -2.37. The first kappa shape index (κ1) is 21.8. The van der Waals surface area contributed by atoms with E-state index < -0.39 is 0 Å². The highest BCUT2D eigenvalue weighted by atomic mass is 16.5. The van der Waals surface area contributed by atoms with Crippen LogP contribution in [0.15, 0.2) is 54.6 Å². The third kappa shape index (κ3) is 4.78. The molecule has 2 aromatic carbocycles. The Kier molecular flexibility index (Phi) is 6.63. The first-order chi connectivity index (χ1) is 15.0. The summed E-state index contributed by atoms with van der Waals surface area (Å²) >= 11 is 0. The van der Waals surface area contributed by atoms with Gasteiger partial charge in [-0.1, -0.05) is 42.5 Å². The summed E-state index contributed by atoms with van der Waals surface area (Å²) in [5.41, 5.74) is 2.20. The molecule has 5 nitrogen and oxygen atoms in total. The van der Waals surface area contributed by atoms with E-state index in [4.69, 9.17) is 4.74 Å². The number of methoxy groups -OCH3 is 1. The topological polar surface area (TPSA) is 36.0 Å². The van der Waals surface area contributed by atoms with Crippen molar-refractivity contribution >= 4 is 5.91 Å². The van der Waals surface area contributed by atoms with E-state index in [1.807, 2.05) is 18.2 Å². The highest BCUT2D eigenvalue weighted by molar-refractivity contribution is 5.83. The number of piperazine rings is 1. The molecular weight excluding hydrogens is 386 g/mol. The Morgan fingerprint density at radius 2 is 1.65 bits per heavy atom. The molecule has 1 atom stereocenters. The van der Waals surface area contributed by atoms with Gasteiger partial charge in [0.25, 0.3) is 0 Å². The predicted octanol–water partition coefficient (Wildman–Crippen LogP) is 3.47. The van der Waals surface area contributed by atoms with Gasteiger partial charge in [0.1, 0.15) is 5.75 Å². The van der Waals surface area contributed by atoms with Gasteiger partial charge >= 0.3 is 0 Å². The molecule has 0 aromatic heterocycles. The van der Waals surface area contributed by atoms with E-state index >= 15 is 0 Å². The summed E-state index contributed by atoms with van der Waals surface area (Å²) in [6.07, 6.45) is 2.69. The van der Waals surface area contributed by atoms with Gasteiger partial charge in [-0.05, 0) is 69.7 Å². The van der Waals surface area contributed by atoms with Gasteiger partial charge in [0.05, 0.1) is 18.6 Å². The van der Waals surface area contributed by atoms with Crippen LogP contribution < -0.4 is 4.74 Å². The van der Waals surface area contributed by atoms with Crippen molar-refractivity contribution in [2.75, 3.05) is 53.9 Å². The Morgan fingerprint density at radius 3 is 2.29 bits per heavy atom. The summed E-state index contributed by atoms with van der Waals surface area (Å²) in [7, 11) is 6.01. The molecule has 31 heavy (non-hydrogen) atoms. The van der Waals surface area contributed by atoms with Crippen molar-refractivity contribution in [2.24, 2.45) is 5.41 Å². The molecule has 2 fully saturated rings. The molecule has 0 saturated carbocycles. The minimum Gasteiger partial charge on any atom is -0.497 e. The zero-order valence-electron chi connectivity index (χ0n) is 19.1. The lowest BCUT2D eigenvalue weighted by Gasteiger charge is -2.46. The molecule has 2 aromatic rings. The number of likely N-dealkylation sites (N-methyl/N-ethyl adjacent to an activating group) is 1. The van der Waals surface area contributed by atoms with Gasteiger partial charge in [0.15, 0.2) is 0 Å². The number of hydrogen-bond donors (Lipinski definition) is 0. The molecule has 1 unspecified atom stereocenters. The highest BCUT2D eigenvalue weighted by Gasteiger charge is 2.44. The molecule has 0 aliphatic carbocycles. The van der Waals surface area contributed by atoms with Crippen LogP contribution in [0.25, 0.3) is 0 Å². The number of ether oxygens (including phenoxy) is 1. The van der Waals surface area contributed by atoms with Crippen molar-refractivity contribution in [1.29, 1.82) is 0 Å². The van der Waals surface area contributed by atoms with Crippen LogP contribution in [-0.4, -0.2) is 74.5 Å². The Balaban J connectivity index is 1.55. The molecule has 2 saturated heterocycles. The van der Waals surface area contributed by atoms with Crippen LogP contribution in [0.1, 0.15) is 30.0 Å². The fourth-order valence-corrected chi connectivity index (χ4v) is 5.08. The van der Waals surface area contributed by atoms with Crippen LogP contribution in [0.5, 0.6) is 5.75 Å².